The van der Waals surface area contributed by atoms with Crippen molar-refractivity contribution in [1.82, 2.24) is 4.90 Å². The van der Waals surface area contributed by atoms with Crippen LogP contribution in [0.5, 0.6) is 28.7 Å². The van der Waals surface area contributed by atoms with Crippen LogP contribution in [-0.2, 0) is 0 Å². The lowest BCUT2D eigenvalue weighted by atomic mass is 10.1. The summed E-state index contributed by atoms with van der Waals surface area (Å²) in [5.74, 6) is 4.18. The molecule has 0 saturated carbocycles. The third kappa shape index (κ3) is 6.93. The minimum absolute atomic E-state index is 0. The number of hydrogen-bond acceptors (Lipinski definition) is 6. The summed E-state index contributed by atoms with van der Waals surface area (Å²) in [5.41, 5.74) is 1.08. The largest absolute Gasteiger partial charge is 0.497 e. The first-order valence-electron chi connectivity index (χ1n) is 13.1. The van der Waals surface area contributed by atoms with E-state index in [1.54, 1.807) is 18.4 Å². The topological polar surface area (TPSA) is 40.2 Å². The number of rotatable bonds is 10. The van der Waals surface area contributed by atoms with Crippen molar-refractivity contribution < 1.29 is 18.9 Å². The fourth-order valence-corrected chi connectivity index (χ4v) is 5.79. The molecule has 0 spiro atoms. The number of piperidine rings is 1. The van der Waals surface area contributed by atoms with Crippen LogP contribution in [0.1, 0.15) is 33.1 Å². The van der Waals surface area contributed by atoms with E-state index in [0.29, 0.717) is 6.61 Å². The van der Waals surface area contributed by atoms with Gasteiger partial charge >= 0.3 is 0 Å². The molecule has 2 heterocycles. The molecule has 0 bridgehead atoms. The van der Waals surface area contributed by atoms with Crippen LogP contribution >= 0.6 is 23.7 Å². The Kier molecular flexibility index (Phi) is 9.78. The van der Waals surface area contributed by atoms with Gasteiger partial charge in [-0.25, -0.2) is 0 Å². The Morgan fingerprint density at radius 1 is 0.816 bits per heavy atom. The fraction of sp³-hybridized carbons (Fsp3) is 0.355. The highest BCUT2D eigenvalue weighted by molar-refractivity contribution is 7.22. The number of benzene rings is 3. The minimum Gasteiger partial charge on any atom is -0.497 e. The molecule has 1 aliphatic rings. The normalized spacial score (nSPS) is 13.8. The van der Waals surface area contributed by atoms with Gasteiger partial charge in [0.2, 0.25) is 0 Å². The highest BCUT2D eigenvalue weighted by Gasteiger charge is 2.18. The lowest BCUT2D eigenvalue weighted by Crippen LogP contribution is -2.33. The smallest absolute Gasteiger partial charge is 0.153 e. The number of nitrogens with zero attached hydrogens (tertiary/aromatic N) is 1. The molecule has 3 aromatic carbocycles. The highest BCUT2D eigenvalue weighted by atomic mass is 35.5. The van der Waals surface area contributed by atoms with Crippen LogP contribution in [-0.4, -0.2) is 44.4 Å². The second kappa shape index (κ2) is 13.2. The molecule has 0 atom stereocenters. The van der Waals surface area contributed by atoms with Gasteiger partial charge in [-0.1, -0.05) is 6.42 Å². The molecule has 5 rings (SSSR count). The van der Waals surface area contributed by atoms with Crippen molar-refractivity contribution in [2.75, 3.05) is 33.4 Å². The van der Waals surface area contributed by atoms with Crippen molar-refractivity contribution in [3.8, 4) is 39.2 Å². The first-order valence-corrected chi connectivity index (χ1v) is 13.9. The fourth-order valence-electron chi connectivity index (χ4n) is 4.63. The molecule has 7 heteroatoms. The van der Waals surface area contributed by atoms with Gasteiger partial charge in [-0.3, -0.25) is 4.90 Å². The van der Waals surface area contributed by atoms with Crippen molar-refractivity contribution in [2.24, 2.45) is 0 Å². The van der Waals surface area contributed by atoms with Crippen LogP contribution in [0, 0.1) is 0 Å². The Morgan fingerprint density at radius 3 is 2.16 bits per heavy atom. The van der Waals surface area contributed by atoms with Crippen molar-refractivity contribution >= 4 is 33.8 Å². The number of methoxy groups -OCH3 is 1. The summed E-state index contributed by atoms with van der Waals surface area (Å²) < 4.78 is 25.0. The van der Waals surface area contributed by atoms with Crippen molar-refractivity contribution in [3.63, 3.8) is 0 Å². The Morgan fingerprint density at radius 2 is 1.47 bits per heavy atom. The Hall–Kier alpha value is -2.93. The molecule has 1 fully saturated rings. The molecule has 0 amide bonds. The SMILES string of the molecule is COc1ccc(-c2sc3cc(OC(C)C)ccc3c2Oc2ccc(OCCN3CCCCC3)cc2)cc1.Cl. The Labute approximate surface area is 235 Å². The van der Waals surface area contributed by atoms with Gasteiger partial charge in [-0.2, -0.15) is 0 Å². The van der Waals surface area contributed by atoms with Crippen molar-refractivity contribution in [3.05, 3.63) is 66.7 Å². The summed E-state index contributed by atoms with van der Waals surface area (Å²) in [5, 5.41) is 1.06. The summed E-state index contributed by atoms with van der Waals surface area (Å²) in [7, 11) is 1.68. The summed E-state index contributed by atoms with van der Waals surface area (Å²) in [6.07, 6.45) is 4.07. The van der Waals surface area contributed by atoms with E-state index in [1.165, 1.54) is 32.4 Å². The summed E-state index contributed by atoms with van der Waals surface area (Å²) in [6, 6.07) is 22.2. The second-order valence-corrected chi connectivity index (χ2v) is 10.7. The number of hydrogen-bond donors (Lipinski definition) is 0. The van der Waals surface area contributed by atoms with Gasteiger partial charge in [0.1, 0.15) is 29.6 Å². The summed E-state index contributed by atoms with van der Waals surface area (Å²) in [4.78, 5) is 3.56. The molecule has 202 valence electrons. The monoisotopic (exact) mass is 553 g/mol. The molecule has 0 radical (unpaired) electrons. The zero-order chi connectivity index (χ0) is 25.6. The Bertz CT molecular complexity index is 1300. The van der Waals surface area contributed by atoms with Gasteiger partial charge in [0.25, 0.3) is 0 Å². The third-order valence-electron chi connectivity index (χ3n) is 6.51. The van der Waals surface area contributed by atoms with Crippen LogP contribution in [0.4, 0.5) is 0 Å². The van der Waals surface area contributed by atoms with E-state index in [1.807, 2.05) is 56.3 Å². The predicted octanol–water partition coefficient (Wildman–Crippen LogP) is 8.44. The van der Waals surface area contributed by atoms with Crippen molar-refractivity contribution in [2.45, 2.75) is 39.2 Å². The number of ether oxygens (including phenoxy) is 4. The molecule has 1 aromatic heterocycles. The van der Waals surface area contributed by atoms with Crippen LogP contribution in [0.25, 0.3) is 20.5 Å². The molecule has 0 unspecified atom stereocenters. The standard InChI is InChI=1S/C31H35NO4S.ClH/c1-22(2)35-27-15-16-28-29(21-27)37-31(23-7-9-24(33-3)10-8-23)30(28)36-26-13-11-25(12-14-26)34-20-19-32-17-5-4-6-18-32;/h7-16,21-22H,4-6,17-20H2,1-3H3;1H. The zero-order valence-electron chi connectivity index (χ0n) is 22.3. The average Bonchev–Trinajstić information content (AvgIpc) is 3.27. The molecular formula is C31H36ClNO4S. The maximum atomic E-state index is 6.52. The van der Waals surface area contributed by atoms with E-state index in [2.05, 4.69) is 29.2 Å². The van der Waals surface area contributed by atoms with Crippen LogP contribution in [0.3, 0.4) is 0 Å². The highest BCUT2D eigenvalue weighted by Crippen LogP contribution is 2.47. The third-order valence-corrected chi connectivity index (χ3v) is 7.69. The molecule has 1 aliphatic heterocycles. The molecule has 0 aliphatic carbocycles. The van der Waals surface area contributed by atoms with E-state index in [4.69, 9.17) is 18.9 Å². The van der Waals surface area contributed by atoms with Crippen LogP contribution in [0.2, 0.25) is 0 Å². The molecule has 0 N–H and O–H groups in total. The van der Waals surface area contributed by atoms with Gasteiger partial charge in [-0.15, -0.1) is 23.7 Å². The number of fused-ring (bicyclic) bond motifs is 1. The first kappa shape index (κ1) is 28.1. The number of thiophene rings is 1. The predicted molar refractivity (Wildman–Crippen MR) is 159 cm³/mol. The van der Waals surface area contributed by atoms with E-state index >= 15 is 0 Å². The van der Waals surface area contributed by atoms with Gasteiger partial charge in [0.05, 0.1) is 18.1 Å². The molecule has 5 nitrogen and oxygen atoms in total. The lowest BCUT2D eigenvalue weighted by molar-refractivity contribution is 0.183. The van der Waals surface area contributed by atoms with E-state index in [-0.39, 0.29) is 18.5 Å². The zero-order valence-corrected chi connectivity index (χ0v) is 23.9. The maximum absolute atomic E-state index is 6.52. The Balaban J connectivity index is 0.00000336. The van der Waals surface area contributed by atoms with Gasteiger partial charge in [0.15, 0.2) is 5.75 Å². The van der Waals surface area contributed by atoms with Crippen molar-refractivity contribution in [1.29, 1.82) is 0 Å². The number of halogens is 1. The van der Waals surface area contributed by atoms with Gasteiger partial charge in [0, 0.05) is 16.6 Å². The molecule has 1 saturated heterocycles. The van der Waals surface area contributed by atoms with Gasteiger partial charge < -0.3 is 18.9 Å². The summed E-state index contributed by atoms with van der Waals surface area (Å²) in [6.45, 7) is 8.14. The quantitative estimate of drug-likeness (QED) is 0.197. The van der Waals surface area contributed by atoms with Gasteiger partial charge in [-0.05, 0) is 112 Å². The lowest BCUT2D eigenvalue weighted by Gasteiger charge is -2.26. The first-order chi connectivity index (χ1) is 18.1. The van der Waals surface area contributed by atoms with Crippen LogP contribution < -0.4 is 18.9 Å². The van der Waals surface area contributed by atoms with Crippen LogP contribution in [0.15, 0.2) is 66.7 Å². The average molecular weight is 554 g/mol. The van der Waals surface area contributed by atoms with E-state index < -0.39 is 0 Å². The minimum atomic E-state index is 0. The summed E-state index contributed by atoms with van der Waals surface area (Å²) >= 11 is 1.70. The molecule has 38 heavy (non-hydrogen) atoms. The van der Waals surface area contributed by atoms with E-state index in [9.17, 15) is 0 Å². The second-order valence-electron chi connectivity index (χ2n) is 9.64. The van der Waals surface area contributed by atoms with E-state index in [0.717, 1.165) is 55.8 Å². The maximum Gasteiger partial charge on any atom is 0.153 e. The number of likely N-dealkylation sites (tertiary alicyclic amines) is 1. The molecule has 4 aromatic rings. The molecular weight excluding hydrogens is 518 g/mol.